The number of halogens is 1. The SMILES string of the molecule is CSc1ccc(N2CC(c3nnc(NC(=O)c4ccc(Br)cc4)o3)CC2=O)cc1. The Balaban J connectivity index is 1.43. The van der Waals surface area contributed by atoms with E-state index in [0.717, 1.165) is 15.1 Å². The highest BCUT2D eigenvalue weighted by Gasteiger charge is 2.35. The van der Waals surface area contributed by atoms with E-state index in [4.69, 9.17) is 4.42 Å². The highest BCUT2D eigenvalue weighted by Crippen LogP contribution is 2.32. The predicted octanol–water partition coefficient (Wildman–Crippen LogP) is 4.33. The van der Waals surface area contributed by atoms with E-state index < -0.39 is 0 Å². The molecule has 1 N–H and O–H groups in total. The summed E-state index contributed by atoms with van der Waals surface area (Å²) in [6.07, 6.45) is 2.29. The zero-order valence-electron chi connectivity index (χ0n) is 15.5. The summed E-state index contributed by atoms with van der Waals surface area (Å²) in [7, 11) is 0. The third-order valence-corrected chi connectivity index (χ3v) is 5.90. The molecule has 1 aliphatic rings. The van der Waals surface area contributed by atoms with Gasteiger partial charge >= 0.3 is 6.01 Å². The zero-order chi connectivity index (χ0) is 20.4. The number of hydrogen-bond donors (Lipinski definition) is 1. The van der Waals surface area contributed by atoms with Gasteiger partial charge in [0.2, 0.25) is 11.8 Å². The molecule has 29 heavy (non-hydrogen) atoms. The van der Waals surface area contributed by atoms with Crippen molar-refractivity contribution in [1.29, 1.82) is 0 Å². The van der Waals surface area contributed by atoms with Crippen LogP contribution >= 0.6 is 27.7 Å². The van der Waals surface area contributed by atoms with Crippen molar-refractivity contribution in [3.63, 3.8) is 0 Å². The summed E-state index contributed by atoms with van der Waals surface area (Å²) in [6.45, 7) is 0.458. The topological polar surface area (TPSA) is 88.3 Å². The van der Waals surface area contributed by atoms with Crippen LogP contribution in [0.2, 0.25) is 0 Å². The van der Waals surface area contributed by atoms with Crippen LogP contribution in [-0.4, -0.2) is 34.8 Å². The first-order valence-corrected chi connectivity index (χ1v) is 10.9. The van der Waals surface area contributed by atoms with Crippen molar-refractivity contribution >= 4 is 51.2 Å². The molecule has 1 aliphatic heterocycles. The predicted molar refractivity (Wildman–Crippen MR) is 114 cm³/mol. The number of carbonyl (C=O) groups excluding carboxylic acids is 2. The van der Waals surface area contributed by atoms with Gasteiger partial charge in [-0.05, 0) is 54.8 Å². The van der Waals surface area contributed by atoms with Crippen LogP contribution in [0, 0.1) is 0 Å². The lowest BCUT2D eigenvalue weighted by atomic mass is 10.1. The van der Waals surface area contributed by atoms with Gasteiger partial charge < -0.3 is 9.32 Å². The fraction of sp³-hybridized carbons (Fsp3) is 0.200. The average molecular weight is 473 g/mol. The summed E-state index contributed by atoms with van der Waals surface area (Å²) >= 11 is 4.98. The van der Waals surface area contributed by atoms with Gasteiger partial charge in [-0.1, -0.05) is 21.0 Å². The third kappa shape index (κ3) is 4.35. The standard InChI is InChI=1S/C20H17BrN4O3S/c1-29-16-8-6-15(7-9-16)25-11-13(10-17(25)26)19-23-24-20(28-19)22-18(27)12-2-4-14(21)5-3-12/h2-9,13H,10-11H2,1H3,(H,22,24,27). The van der Waals surface area contributed by atoms with E-state index in [0.29, 0.717) is 18.0 Å². The molecule has 148 valence electrons. The van der Waals surface area contributed by atoms with Gasteiger partial charge in [-0.3, -0.25) is 14.9 Å². The first-order chi connectivity index (χ1) is 14.0. The van der Waals surface area contributed by atoms with Crippen molar-refractivity contribution in [2.45, 2.75) is 17.2 Å². The van der Waals surface area contributed by atoms with Gasteiger partial charge in [-0.2, -0.15) is 0 Å². The fourth-order valence-electron chi connectivity index (χ4n) is 3.11. The van der Waals surface area contributed by atoms with Crippen LogP contribution in [0.25, 0.3) is 0 Å². The molecule has 2 amide bonds. The Kier molecular flexibility index (Phi) is 5.68. The summed E-state index contributed by atoms with van der Waals surface area (Å²) in [4.78, 5) is 27.6. The molecule has 1 saturated heterocycles. The Hall–Kier alpha value is -2.65. The van der Waals surface area contributed by atoms with Gasteiger partial charge in [0, 0.05) is 33.6 Å². The van der Waals surface area contributed by atoms with E-state index in [2.05, 4.69) is 31.4 Å². The summed E-state index contributed by atoms with van der Waals surface area (Å²) in [5.41, 5.74) is 1.32. The maximum atomic E-state index is 12.5. The van der Waals surface area contributed by atoms with Crippen molar-refractivity contribution < 1.29 is 14.0 Å². The van der Waals surface area contributed by atoms with Crippen LogP contribution < -0.4 is 10.2 Å². The number of benzene rings is 2. The smallest absolute Gasteiger partial charge is 0.322 e. The molecule has 0 spiro atoms. The van der Waals surface area contributed by atoms with Gasteiger partial charge in [0.25, 0.3) is 5.91 Å². The van der Waals surface area contributed by atoms with E-state index in [1.54, 1.807) is 40.9 Å². The van der Waals surface area contributed by atoms with Crippen molar-refractivity contribution in [2.75, 3.05) is 23.0 Å². The van der Waals surface area contributed by atoms with Gasteiger partial charge in [0.05, 0.1) is 5.92 Å². The van der Waals surface area contributed by atoms with E-state index >= 15 is 0 Å². The lowest BCUT2D eigenvalue weighted by Crippen LogP contribution is -2.24. The van der Waals surface area contributed by atoms with Crippen LogP contribution in [0.3, 0.4) is 0 Å². The van der Waals surface area contributed by atoms with E-state index in [1.165, 1.54) is 0 Å². The molecule has 9 heteroatoms. The minimum atomic E-state index is -0.342. The highest BCUT2D eigenvalue weighted by atomic mass is 79.9. The number of nitrogens with one attached hydrogen (secondary N) is 1. The normalized spacial score (nSPS) is 16.3. The molecule has 1 atom stereocenters. The Morgan fingerprint density at radius 3 is 2.59 bits per heavy atom. The number of nitrogens with zero attached hydrogens (tertiary/aromatic N) is 3. The Morgan fingerprint density at radius 1 is 1.17 bits per heavy atom. The van der Waals surface area contributed by atoms with Crippen LogP contribution in [0.5, 0.6) is 0 Å². The zero-order valence-corrected chi connectivity index (χ0v) is 17.9. The number of carbonyl (C=O) groups is 2. The number of aromatic nitrogens is 2. The molecule has 2 aromatic carbocycles. The summed E-state index contributed by atoms with van der Waals surface area (Å²) < 4.78 is 6.49. The van der Waals surface area contributed by atoms with E-state index in [1.807, 2.05) is 30.5 Å². The second-order valence-electron chi connectivity index (χ2n) is 6.51. The molecule has 3 aromatic rings. The molecule has 7 nitrogen and oxygen atoms in total. The maximum absolute atomic E-state index is 12.5. The van der Waals surface area contributed by atoms with Crippen LogP contribution in [0.15, 0.2) is 62.3 Å². The first kappa shape index (κ1) is 19.7. The van der Waals surface area contributed by atoms with Crippen molar-refractivity contribution in [3.05, 3.63) is 64.5 Å². The minimum absolute atomic E-state index is 0.00514. The lowest BCUT2D eigenvalue weighted by molar-refractivity contribution is -0.117. The molecule has 0 aliphatic carbocycles. The molecule has 0 radical (unpaired) electrons. The molecular formula is C20H17BrN4O3S. The lowest BCUT2D eigenvalue weighted by Gasteiger charge is -2.16. The summed E-state index contributed by atoms with van der Waals surface area (Å²) in [5, 5.41) is 10.5. The van der Waals surface area contributed by atoms with Crippen LogP contribution in [0.1, 0.15) is 28.6 Å². The number of anilines is 2. The van der Waals surface area contributed by atoms with Crippen molar-refractivity contribution in [2.24, 2.45) is 0 Å². The largest absolute Gasteiger partial charge is 0.407 e. The van der Waals surface area contributed by atoms with Crippen molar-refractivity contribution in [1.82, 2.24) is 10.2 Å². The molecular weight excluding hydrogens is 456 g/mol. The number of rotatable bonds is 5. The van der Waals surface area contributed by atoms with Gasteiger partial charge in [0.1, 0.15) is 0 Å². The molecule has 1 fully saturated rings. The van der Waals surface area contributed by atoms with E-state index in [-0.39, 0.29) is 30.2 Å². The summed E-state index contributed by atoms with van der Waals surface area (Å²) in [6, 6.07) is 14.8. The number of amides is 2. The first-order valence-electron chi connectivity index (χ1n) is 8.88. The van der Waals surface area contributed by atoms with Gasteiger partial charge in [-0.15, -0.1) is 16.9 Å². The quantitative estimate of drug-likeness (QED) is 0.556. The van der Waals surface area contributed by atoms with Crippen molar-refractivity contribution in [3.8, 4) is 0 Å². The second-order valence-corrected chi connectivity index (χ2v) is 8.31. The van der Waals surface area contributed by atoms with Crippen LogP contribution in [-0.2, 0) is 4.79 Å². The van der Waals surface area contributed by atoms with Crippen LogP contribution in [0.4, 0.5) is 11.7 Å². The average Bonchev–Trinajstić information content (AvgIpc) is 3.35. The number of thioether (sulfide) groups is 1. The molecule has 0 bridgehead atoms. The second kappa shape index (κ2) is 8.38. The summed E-state index contributed by atoms with van der Waals surface area (Å²) in [5.74, 6) is -0.211. The molecule has 2 heterocycles. The van der Waals surface area contributed by atoms with Gasteiger partial charge in [0.15, 0.2) is 0 Å². The Bertz CT molecular complexity index is 1040. The molecule has 4 rings (SSSR count). The minimum Gasteiger partial charge on any atom is -0.407 e. The Labute approximate surface area is 180 Å². The fourth-order valence-corrected chi connectivity index (χ4v) is 3.78. The van der Waals surface area contributed by atoms with E-state index in [9.17, 15) is 9.59 Å². The monoisotopic (exact) mass is 472 g/mol. The molecule has 0 saturated carbocycles. The third-order valence-electron chi connectivity index (χ3n) is 4.63. The Morgan fingerprint density at radius 2 is 1.90 bits per heavy atom. The highest BCUT2D eigenvalue weighted by molar-refractivity contribution is 9.10. The maximum Gasteiger partial charge on any atom is 0.322 e. The molecule has 1 unspecified atom stereocenters. The number of hydrogen-bond acceptors (Lipinski definition) is 6. The molecule has 1 aromatic heterocycles. The van der Waals surface area contributed by atoms with Gasteiger partial charge in [-0.25, -0.2) is 0 Å².